The average molecular weight is 368 g/mol. The van der Waals surface area contributed by atoms with Crippen molar-refractivity contribution in [3.63, 3.8) is 0 Å². The summed E-state index contributed by atoms with van der Waals surface area (Å²) < 4.78 is 6.21. The lowest BCUT2D eigenvalue weighted by atomic mass is 9.91. The molecule has 0 saturated carbocycles. The number of anilines is 2. The van der Waals surface area contributed by atoms with Crippen molar-refractivity contribution in [2.75, 3.05) is 9.80 Å². The third-order valence-electron chi connectivity index (χ3n) is 6.17. The molecule has 3 heterocycles. The van der Waals surface area contributed by atoms with Crippen LogP contribution < -0.4 is 9.80 Å². The summed E-state index contributed by atoms with van der Waals surface area (Å²) in [7, 11) is 0. The number of fused-ring (bicyclic) bond motifs is 5. The molecule has 3 aromatic rings. The Morgan fingerprint density at radius 3 is 2.00 bits per heavy atom. The number of carbonyl (C=O) groups is 1. The van der Waals surface area contributed by atoms with Crippen LogP contribution in [0, 0.1) is 13.8 Å². The zero-order valence-electron chi connectivity index (χ0n) is 15.9. The molecule has 0 aliphatic carbocycles. The molecule has 3 aliphatic heterocycles. The van der Waals surface area contributed by atoms with Gasteiger partial charge in [-0.3, -0.25) is 0 Å². The second kappa shape index (κ2) is 5.16. The van der Waals surface area contributed by atoms with Crippen molar-refractivity contribution in [3.05, 3.63) is 94.0 Å². The lowest BCUT2D eigenvalue weighted by molar-refractivity contribution is -0.0190. The van der Waals surface area contributed by atoms with Crippen molar-refractivity contribution in [3.8, 4) is 0 Å². The Kier molecular flexibility index (Phi) is 2.91. The summed E-state index contributed by atoms with van der Waals surface area (Å²) in [4.78, 5) is 17.3. The molecule has 6 rings (SSSR count). The van der Waals surface area contributed by atoms with E-state index in [1.807, 2.05) is 24.3 Å². The van der Waals surface area contributed by atoms with Gasteiger partial charge in [0.15, 0.2) is 0 Å². The average Bonchev–Trinajstić information content (AvgIpc) is 2.96. The van der Waals surface area contributed by atoms with Crippen LogP contribution >= 0.6 is 0 Å². The molecule has 4 nitrogen and oxygen atoms in total. The van der Waals surface area contributed by atoms with Crippen molar-refractivity contribution in [2.45, 2.75) is 32.8 Å². The van der Waals surface area contributed by atoms with Crippen LogP contribution in [0.15, 0.2) is 60.7 Å². The summed E-state index contributed by atoms with van der Waals surface area (Å²) in [6.45, 7) is 5.64. The monoisotopic (exact) mass is 368 g/mol. The van der Waals surface area contributed by atoms with Crippen molar-refractivity contribution in [1.29, 1.82) is 0 Å². The maximum absolute atomic E-state index is 12.8. The van der Waals surface area contributed by atoms with E-state index in [0.717, 1.165) is 16.9 Å². The van der Waals surface area contributed by atoms with E-state index in [4.69, 9.17) is 4.74 Å². The van der Waals surface area contributed by atoms with Gasteiger partial charge in [-0.05, 0) is 43.2 Å². The van der Waals surface area contributed by atoms with Gasteiger partial charge in [0, 0.05) is 11.4 Å². The molecule has 0 aromatic heterocycles. The SMILES string of the molecule is Cc1ccc2c(c1)CN1c3ccc(C)cc3CN2C12OC(=O)c1ccccc12. The largest absolute Gasteiger partial charge is 0.411 e. The Morgan fingerprint density at radius 2 is 1.39 bits per heavy atom. The maximum Gasteiger partial charge on any atom is 0.342 e. The highest BCUT2D eigenvalue weighted by atomic mass is 16.6. The van der Waals surface area contributed by atoms with Crippen LogP contribution in [0.25, 0.3) is 0 Å². The molecule has 3 aliphatic rings. The lowest BCUT2D eigenvalue weighted by Crippen LogP contribution is -2.63. The molecule has 3 aromatic carbocycles. The lowest BCUT2D eigenvalue weighted by Gasteiger charge is -2.56. The first-order valence-corrected chi connectivity index (χ1v) is 9.65. The Balaban J connectivity index is 1.67. The third kappa shape index (κ3) is 1.82. The van der Waals surface area contributed by atoms with Gasteiger partial charge in [0.25, 0.3) is 5.85 Å². The molecular weight excluding hydrogens is 348 g/mol. The smallest absolute Gasteiger partial charge is 0.342 e. The third-order valence-corrected chi connectivity index (χ3v) is 6.17. The summed E-state index contributed by atoms with van der Waals surface area (Å²) in [5.74, 6) is -1.17. The molecule has 28 heavy (non-hydrogen) atoms. The van der Waals surface area contributed by atoms with Gasteiger partial charge in [-0.25, -0.2) is 4.79 Å². The standard InChI is InChI=1S/C24H20N2O2/c1-15-7-9-21-17(11-15)13-25-22-10-8-16(2)12-18(22)14-26(21)24(25)20-6-4-3-5-19(20)23(27)28-24/h3-12H,13-14H2,1-2H3. The second-order valence-electron chi connectivity index (χ2n) is 7.98. The minimum Gasteiger partial charge on any atom is -0.411 e. The highest BCUT2D eigenvalue weighted by molar-refractivity contribution is 5.96. The second-order valence-corrected chi connectivity index (χ2v) is 7.98. The number of ether oxygens (including phenoxy) is 1. The minimum atomic E-state index is -0.918. The Hall–Kier alpha value is -3.27. The van der Waals surface area contributed by atoms with Crippen LogP contribution in [-0.2, 0) is 23.7 Å². The molecule has 0 fully saturated rings. The van der Waals surface area contributed by atoms with Crippen LogP contribution in [0.1, 0.15) is 38.2 Å². The topological polar surface area (TPSA) is 32.8 Å². The first kappa shape index (κ1) is 15.8. The number of hydrogen-bond donors (Lipinski definition) is 0. The van der Waals surface area contributed by atoms with Crippen LogP contribution in [0.5, 0.6) is 0 Å². The van der Waals surface area contributed by atoms with E-state index in [9.17, 15) is 4.79 Å². The van der Waals surface area contributed by atoms with E-state index in [1.165, 1.54) is 22.3 Å². The Bertz CT molecular complexity index is 1110. The molecule has 0 saturated heterocycles. The highest BCUT2D eigenvalue weighted by Crippen LogP contribution is 2.54. The summed E-state index contributed by atoms with van der Waals surface area (Å²) in [5.41, 5.74) is 8.86. The number of rotatable bonds is 0. The van der Waals surface area contributed by atoms with E-state index < -0.39 is 5.85 Å². The van der Waals surface area contributed by atoms with Crippen LogP contribution in [-0.4, -0.2) is 5.97 Å². The van der Waals surface area contributed by atoms with Crippen molar-refractivity contribution in [1.82, 2.24) is 0 Å². The van der Waals surface area contributed by atoms with E-state index in [-0.39, 0.29) is 5.97 Å². The first-order valence-electron chi connectivity index (χ1n) is 9.65. The molecular formula is C24H20N2O2. The Morgan fingerprint density at radius 1 is 0.821 bits per heavy atom. The van der Waals surface area contributed by atoms with Gasteiger partial charge >= 0.3 is 5.97 Å². The van der Waals surface area contributed by atoms with E-state index in [1.54, 1.807) is 0 Å². The zero-order chi connectivity index (χ0) is 19.0. The molecule has 2 bridgehead atoms. The summed E-state index contributed by atoms with van der Waals surface area (Å²) in [5, 5.41) is 0. The van der Waals surface area contributed by atoms with Gasteiger partial charge in [0.2, 0.25) is 0 Å². The van der Waals surface area contributed by atoms with E-state index in [2.05, 4.69) is 60.0 Å². The molecule has 0 N–H and O–H groups in total. The van der Waals surface area contributed by atoms with Crippen LogP contribution in [0.4, 0.5) is 11.4 Å². The molecule has 0 unspecified atom stereocenters. The summed E-state index contributed by atoms with van der Waals surface area (Å²) >= 11 is 0. The van der Waals surface area contributed by atoms with Gasteiger partial charge in [0.1, 0.15) is 0 Å². The number of esters is 1. The number of hydrogen-bond acceptors (Lipinski definition) is 4. The number of carbonyl (C=O) groups excluding carboxylic acids is 1. The summed E-state index contributed by atoms with van der Waals surface area (Å²) in [6.07, 6.45) is 0. The fraction of sp³-hybridized carbons (Fsp3) is 0.208. The molecule has 0 atom stereocenters. The summed E-state index contributed by atoms with van der Waals surface area (Å²) in [6, 6.07) is 20.9. The number of nitrogens with zero attached hydrogens (tertiary/aromatic N) is 2. The predicted molar refractivity (Wildman–Crippen MR) is 108 cm³/mol. The first-order chi connectivity index (χ1) is 13.6. The maximum atomic E-state index is 12.8. The van der Waals surface area contributed by atoms with Gasteiger partial charge in [0.05, 0.1) is 24.2 Å². The van der Waals surface area contributed by atoms with E-state index >= 15 is 0 Å². The fourth-order valence-electron chi connectivity index (χ4n) is 4.99. The van der Waals surface area contributed by atoms with Crippen molar-refractivity contribution < 1.29 is 9.53 Å². The normalized spacial score (nSPS) is 17.9. The predicted octanol–water partition coefficient (Wildman–Crippen LogP) is 4.62. The molecule has 0 amide bonds. The quantitative estimate of drug-likeness (QED) is 0.542. The number of benzene rings is 3. The van der Waals surface area contributed by atoms with Crippen LogP contribution in [0.2, 0.25) is 0 Å². The van der Waals surface area contributed by atoms with Crippen molar-refractivity contribution in [2.24, 2.45) is 0 Å². The van der Waals surface area contributed by atoms with Crippen molar-refractivity contribution >= 4 is 17.3 Å². The molecule has 138 valence electrons. The zero-order valence-corrected chi connectivity index (χ0v) is 15.9. The fourth-order valence-corrected chi connectivity index (χ4v) is 4.99. The molecule has 0 radical (unpaired) electrons. The van der Waals surface area contributed by atoms with Crippen LogP contribution in [0.3, 0.4) is 0 Å². The number of aryl methyl sites for hydroxylation is 2. The highest BCUT2D eigenvalue weighted by Gasteiger charge is 2.59. The molecule has 1 spiro atoms. The van der Waals surface area contributed by atoms with Gasteiger partial charge in [-0.15, -0.1) is 0 Å². The van der Waals surface area contributed by atoms with E-state index in [0.29, 0.717) is 18.7 Å². The molecule has 4 heteroatoms. The van der Waals surface area contributed by atoms with Gasteiger partial charge in [-0.1, -0.05) is 53.6 Å². The van der Waals surface area contributed by atoms with Gasteiger partial charge < -0.3 is 14.5 Å². The minimum absolute atomic E-state index is 0.253. The van der Waals surface area contributed by atoms with Gasteiger partial charge in [-0.2, -0.15) is 0 Å². The Labute approximate surface area is 164 Å².